The molecule has 3 rings (SSSR count). The van der Waals surface area contributed by atoms with Gasteiger partial charge in [-0.3, -0.25) is 15.0 Å². The molecule has 2 fully saturated rings. The third-order valence-corrected chi connectivity index (χ3v) is 4.33. The minimum atomic E-state index is -0.294. The first-order valence-electron chi connectivity index (χ1n) is 7.52. The van der Waals surface area contributed by atoms with E-state index in [0.29, 0.717) is 5.92 Å². The number of hydrogen-bond acceptors (Lipinski definition) is 5. The predicted molar refractivity (Wildman–Crippen MR) is 80.7 cm³/mol. The van der Waals surface area contributed by atoms with Crippen molar-refractivity contribution in [3.05, 3.63) is 34.4 Å². The van der Waals surface area contributed by atoms with Gasteiger partial charge in [-0.05, 0) is 18.4 Å². The van der Waals surface area contributed by atoms with Crippen LogP contribution in [0.1, 0.15) is 6.42 Å². The molecule has 114 valence electrons. The van der Waals surface area contributed by atoms with E-state index >= 15 is 0 Å². The Labute approximate surface area is 124 Å². The normalized spacial score (nSPS) is 23.4. The first-order chi connectivity index (χ1) is 10.2. The summed E-state index contributed by atoms with van der Waals surface area (Å²) in [5.41, 5.74) is 0.946. The molecular formula is C15H21N3O3. The van der Waals surface area contributed by atoms with Crippen molar-refractivity contribution in [2.24, 2.45) is 5.92 Å². The molecule has 21 heavy (non-hydrogen) atoms. The molecular weight excluding hydrogens is 270 g/mol. The van der Waals surface area contributed by atoms with Crippen LogP contribution in [0, 0.1) is 16.0 Å². The molecule has 6 heteroatoms. The molecule has 1 atom stereocenters. The van der Waals surface area contributed by atoms with Crippen molar-refractivity contribution >= 4 is 11.4 Å². The Hall–Kier alpha value is -1.66. The number of nitro groups is 1. The summed E-state index contributed by atoms with van der Waals surface area (Å²) < 4.78 is 5.42. The first-order valence-corrected chi connectivity index (χ1v) is 7.52. The zero-order chi connectivity index (χ0) is 14.7. The summed E-state index contributed by atoms with van der Waals surface area (Å²) in [4.78, 5) is 15.4. The number of nitro benzene ring substituents is 1. The summed E-state index contributed by atoms with van der Waals surface area (Å²) >= 11 is 0. The number of piperazine rings is 1. The SMILES string of the molecule is O=[N+]([O-])c1ccccc1N1CCN(CC2CCOC2)CC1. The molecule has 1 aromatic rings. The zero-order valence-corrected chi connectivity index (χ0v) is 12.1. The summed E-state index contributed by atoms with van der Waals surface area (Å²) in [6.07, 6.45) is 1.16. The van der Waals surface area contributed by atoms with Crippen molar-refractivity contribution in [3.8, 4) is 0 Å². The molecule has 2 aliphatic heterocycles. The average molecular weight is 291 g/mol. The van der Waals surface area contributed by atoms with E-state index in [-0.39, 0.29) is 10.6 Å². The molecule has 0 radical (unpaired) electrons. The number of ether oxygens (including phenoxy) is 1. The lowest BCUT2D eigenvalue weighted by Crippen LogP contribution is -2.48. The summed E-state index contributed by atoms with van der Waals surface area (Å²) in [5, 5.41) is 11.1. The van der Waals surface area contributed by atoms with E-state index < -0.39 is 0 Å². The van der Waals surface area contributed by atoms with Crippen LogP contribution in [0.2, 0.25) is 0 Å². The van der Waals surface area contributed by atoms with Crippen molar-refractivity contribution < 1.29 is 9.66 Å². The molecule has 0 spiro atoms. The molecule has 0 saturated carbocycles. The maximum absolute atomic E-state index is 11.1. The van der Waals surface area contributed by atoms with E-state index in [2.05, 4.69) is 9.80 Å². The number of rotatable bonds is 4. The Morgan fingerprint density at radius 3 is 2.67 bits per heavy atom. The summed E-state index contributed by atoms with van der Waals surface area (Å²) in [6, 6.07) is 7.01. The predicted octanol–water partition coefficient (Wildman–Crippen LogP) is 1.75. The van der Waals surface area contributed by atoms with Crippen LogP contribution in [-0.4, -0.2) is 55.8 Å². The molecule has 2 aliphatic rings. The van der Waals surface area contributed by atoms with Gasteiger partial charge in [0.2, 0.25) is 0 Å². The lowest BCUT2D eigenvalue weighted by Gasteiger charge is -2.36. The quantitative estimate of drug-likeness (QED) is 0.625. The number of anilines is 1. The molecule has 2 saturated heterocycles. The van der Waals surface area contributed by atoms with E-state index in [1.807, 2.05) is 12.1 Å². The van der Waals surface area contributed by atoms with Crippen LogP contribution in [0.3, 0.4) is 0 Å². The number of benzene rings is 1. The monoisotopic (exact) mass is 291 g/mol. The molecule has 0 aliphatic carbocycles. The molecule has 6 nitrogen and oxygen atoms in total. The van der Waals surface area contributed by atoms with Gasteiger partial charge in [0, 0.05) is 45.4 Å². The second kappa shape index (κ2) is 6.41. The van der Waals surface area contributed by atoms with E-state index in [0.717, 1.165) is 58.0 Å². The van der Waals surface area contributed by atoms with Crippen molar-refractivity contribution in [1.29, 1.82) is 0 Å². The number of para-hydroxylation sites is 2. The third-order valence-electron chi connectivity index (χ3n) is 4.33. The summed E-state index contributed by atoms with van der Waals surface area (Å²) in [7, 11) is 0. The van der Waals surface area contributed by atoms with Crippen LogP contribution >= 0.6 is 0 Å². The molecule has 0 N–H and O–H groups in total. The molecule has 0 aromatic heterocycles. The van der Waals surface area contributed by atoms with Crippen molar-refractivity contribution in [2.45, 2.75) is 6.42 Å². The number of hydrogen-bond donors (Lipinski definition) is 0. The second-order valence-electron chi connectivity index (χ2n) is 5.76. The Morgan fingerprint density at radius 2 is 2.00 bits per heavy atom. The van der Waals surface area contributed by atoms with Gasteiger partial charge in [-0.25, -0.2) is 0 Å². The fraction of sp³-hybridized carbons (Fsp3) is 0.600. The van der Waals surface area contributed by atoms with Crippen LogP contribution < -0.4 is 4.90 Å². The topological polar surface area (TPSA) is 58.9 Å². The molecule has 1 unspecified atom stereocenters. The van der Waals surface area contributed by atoms with Crippen LogP contribution in [-0.2, 0) is 4.74 Å². The first kappa shape index (κ1) is 14.3. The molecule has 0 bridgehead atoms. The Morgan fingerprint density at radius 1 is 1.24 bits per heavy atom. The van der Waals surface area contributed by atoms with Crippen molar-refractivity contribution in [3.63, 3.8) is 0 Å². The van der Waals surface area contributed by atoms with Crippen LogP contribution in [0.15, 0.2) is 24.3 Å². The smallest absolute Gasteiger partial charge is 0.292 e. The van der Waals surface area contributed by atoms with E-state index in [1.165, 1.54) is 0 Å². The van der Waals surface area contributed by atoms with E-state index in [4.69, 9.17) is 4.74 Å². The van der Waals surface area contributed by atoms with Gasteiger partial charge in [-0.15, -0.1) is 0 Å². The van der Waals surface area contributed by atoms with Gasteiger partial charge in [0.1, 0.15) is 5.69 Å². The van der Waals surface area contributed by atoms with Gasteiger partial charge >= 0.3 is 0 Å². The third kappa shape index (κ3) is 3.33. The zero-order valence-electron chi connectivity index (χ0n) is 12.1. The minimum absolute atomic E-state index is 0.204. The maximum atomic E-state index is 11.1. The average Bonchev–Trinajstić information content (AvgIpc) is 3.01. The van der Waals surface area contributed by atoms with Crippen molar-refractivity contribution in [1.82, 2.24) is 4.90 Å². The van der Waals surface area contributed by atoms with Crippen LogP contribution in [0.4, 0.5) is 11.4 Å². The largest absolute Gasteiger partial charge is 0.381 e. The highest BCUT2D eigenvalue weighted by molar-refractivity contribution is 5.63. The molecule has 2 heterocycles. The highest BCUT2D eigenvalue weighted by Crippen LogP contribution is 2.28. The van der Waals surface area contributed by atoms with Gasteiger partial charge in [0.05, 0.1) is 11.5 Å². The minimum Gasteiger partial charge on any atom is -0.381 e. The van der Waals surface area contributed by atoms with Gasteiger partial charge in [0.25, 0.3) is 5.69 Å². The van der Waals surface area contributed by atoms with E-state index in [9.17, 15) is 10.1 Å². The van der Waals surface area contributed by atoms with Crippen molar-refractivity contribution in [2.75, 3.05) is 50.8 Å². The Balaban J connectivity index is 1.59. The fourth-order valence-corrected chi connectivity index (χ4v) is 3.15. The maximum Gasteiger partial charge on any atom is 0.292 e. The molecule has 0 amide bonds. The highest BCUT2D eigenvalue weighted by atomic mass is 16.6. The fourth-order valence-electron chi connectivity index (χ4n) is 3.15. The van der Waals surface area contributed by atoms with Gasteiger partial charge in [0.15, 0.2) is 0 Å². The highest BCUT2D eigenvalue weighted by Gasteiger charge is 2.25. The van der Waals surface area contributed by atoms with Crippen LogP contribution in [0.25, 0.3) is 0 Å². The van der Waals surface area contributed by atoms with Gasteiger partial charge < -0.3 is 9.64 Å². The molecule has 1 aromatic carbocycles. The van der Waals surface area contributed by atoms with Crippen LogP contribution in [0.5, 0.6) is 0 Å². The second-order valence-corrected chi connectivity index (χ2v) is 5.76. The summed E-state index contributed by atoms with van der Waals surface area (Å²) in [6.45, 7) is 6.47. The Bertz CT molecular complexity index is 495. The summed E-state index contributed by atoms with van der Waals surface area (Å²) in [5.74, 6) is 0.655. The lowest BCUT2D eigenvalue weighted by atomic mass is 10.1. The van der Waals surface area contributed by atoms with E-state index in [1.54, 1.807) is 12.1 Å². The van der Waals surface area contributed by atoms with Gasteiger partial charge in [-0.1, -0.05) is 12.1 Å². The standard InChI is InChI=1S/C15H21N3O3/c19-18(20)15-4-2-1-3-14(15)17-8-6-16(7-9-17)11-13-5-10-21-12-13/h1-4,13H,5-12H2. The lowest BCUT2D eigenvalue weighted by molar-refractivity contribution is -0.384. The van der Waals surface area contributed by atoms with Gasteiger partial charge in [-0.2, -0.15) is 0 Å². The number of nitrogens with zero attached hydrogens (tertiary/aromatic N) is 3. The Kier molecular flexibility index (Phi) is 4.36.